The Labute approximate surface area is 125 Å². The molecule has 0 aliphatic rings. The highest BCUT2D eigenvalue weighted by Crippen LogP contribution is 2.28. The van der Waals surface area contributed by atoms with Gasteiger partial charge < -0.3 is 10.1 Å². The predicted octanol–water partition coefficient (Wildman–Crippen LogP) is 4.16. The molecular formula is C17H20ClNO. The van der Waals surface area contributed by atoms with Crippen LogP contribution in [0.1, 0.15) is 22.7 Å². The highest BCUT2D eigenvalue weighted by molar-refractivity contribution is 6.32. The first-order valence-electron chi connectivity index (χ1n) is 6.71. The van der Waals surface area contributed by atoms with Crippen molar-refractivity contribution in [1.82, 2.24) is 5.32 Å². The lowest BCUT2D eigenvalue weighted by Crippen LogP contribution is -2.19. The third kappa shape index (κ3) is 3.33. The molecule has 2 rings (SSSR count). The van der Waals surface area contributed by atoms with Crippen LogP contribution in [0.25, 0.3) is 0 Å². The van der Waals surface area contributed by atoms with Crippen LogP contribution in [0.5, 0.6) is 5.75 Å². The summed E-state index contributed by atoms with van der Waals surface area (Å²) in [5.41, 5.74) is 3.47. The summed E-state index contributed by atoms with van der Waals surface area (Å²) in [4.78, 5) is 0. The molecular weight excluding hydrogens is 270 g/mol. The maximum Gasteiger partial charge on any atom is 0.119 e. The van der Waals surface area contributed by atoms with E-state index in [1.165, 1.54) is 5.56 Å². The lowest BCUT2D eigenvalue weighted by Gasteiger charge is -2.19. The number of methoxy groups -OCH3 is 1. The molecule has 2 aromatic rings. The molecule has 0 amide bonds. The number of hydrogen-bond donors (Lipinski definition) is 1. The van der Waals surface area contributed by atoms with Crippen LogP contribution in [0.2, 0.25) is 5.02 Å². The van der Waals surface area contributed by atoms with Gasteiger partial charge in [-0.25, -0.2) is 0 Å². The standard InChI is InChI=1S/C17H20ClNO/c1-12-6-4-9-15(17(12)18)16(19-2)11-13-7-5-8-14(10-13)20-3/h4-10,16,19H,11H2,1-3H3. The molecule has 0 radical (unpaired) electrons. The minimum atomic E-state index is 0.189. The van der Waals surface area contributed by atoms with Crippen molar-refractivity contribution >= 4 is 11.6 Å². The predicted molar refractivity (Wildman–Crippen MR) is 84.7 cm³/mol. The van der Waals surface area contributed by atoms with Gasteiger partial charge in [0, 0.05) is 11.1 Å². The largest absolute Gasteiger partial charge is 0.497 e. The number of nitrogens with one attached hydrogen (secondary N) is 1. The molecule has 0 bridgehead atoms. The normalized spacial score (nSPS) is 12.2. The van der Waals surface area contributed by atoms with E-state index in [9.17, 15) is 0 Å². The fourth-order valence-corrected chi connectivity index (χ4v) is 2.60. The minimum Gasteiger partial charge on any atom is -0.497 e. The van der Waals surface area contributed by atoms with Crippen molar-refractivity contribution in [2.45, 2.75) is 19.4 Å². The molecule has 3 heteroatoms. The summed E-state index contributed by atoms with van der Waals surface area (Å²) in [6, 6.07) is 14.5. The lowest BCUT2D eigenvalue weighted by atomic mass is 9.97. The maximum atomic E-state index is 6.43. The van der Waals surface area contributed by atoms with Crippen molar-refractivity contribution in [3.63, 3.8) is 0 Å². The topological polar surface area (TPSA) is 21.3 Å². The molecule has 0 aliphatic heterocycles. The monoisotopic (exact) mass is 289 g/mol. The van der Waals surface area contributed by atoms with Gasteiger partial charge in [-0.2, -0.15) is 0 Å². The van der Waals surface area contributed by atoms with E-state index in [1.807, 2.05) is 38.2 Å². The lowest BCUT2D eigenvalue weighted by molar-refractivity contribution is 0.414. The van der Waals surface area contributed by atoms with Crippen LogP contribution < -0.4 is 10.1 Å². The summed E-state index contributed by atoms with van der Waals surface area (Å²) in [6.45, 7) is 2.03. The number of likely N-dealkylation sites (N-methyl/N-ethyl adjacent to an activating group) is 1. The minimum absolute atomic E-state index is 0.189. The number of halogens is 1. The van der Waals surface area contributed by atoms with Gasteiger partial charge in [-0.3, -0.25) is 0 Å². The Morgan fingerprint density at radius 1 is 1.20 bits per heavy atom. The molecule has 0 spiro atoms. The molecule has 2 nitrogen and oxygen atoms in total. The Bertz CT molecular complexity index is 583. The van der Waals surface area contributed by atoms with Crippen molar-refractivity contribution in [3.05, 3.63) is 64.2 Å². The van der Waals surface area contributed by atoms with Gasteiger partial charge in [0.2, 0.25) is 0 Å². The van der Waals surface area contributed by atoms with Crippen LogP contribution in [0.4, 0.5) is 0 Å². The van der Waals surface area contributed by atoms with Crippen molar-refractivity contribution < 1.29 is 4.74 Å². The van der Waals surface area contributed by atoms with Gasteiger partial charge in [-0.15, -0.1) is 0 Å². The number of aryl methyl sites for hydroxylation is 1. The molecule has 0 aromatic heterocycles. The number of hydrogen-bond acceptors (Lipinski definition) is 2. The van der Waals surface area contributed by atoms with E-state index >= 15 is 0 Å². The summed E-state index contributed by atoms with van der Waals surface area (Å²) in [7, 11) is 3.65. The molecule has 106 valence electrons. The third-order valence-corrected chi connectivity index (χ3v) is 4.04. The summed E-state index contributed by atoms with van der Waals surface area (Å²) in [5, 5.41) is 4.19. The Balaban J connectivity index is 2.26. The van der Waals surface area contributed by atoms with Gasteiger partial charge >= 0.3 is 0 Å². The zero-order valence-electron chi connectivity index (χ0n) is 12.1. The van der Waals surface area contributed by atoms with Crippen LogP contribution in [0, 0.1) is 6.92 Å². The van der Waals surface area contributed by atoms with E-state index in [0.29, 0.717) is 0 Å². The average Bonchev–Trinajstić information content (AvgIpc) is 2.48. The Hall–Kier alpha value is -1.51. The first-order chi connectivity index (χ1) is 9.65. The molecule has 1 unspecified atom stereocenters. The smallest absolute Gasteiger partial charge is 0.119 e. The van der Waals surface area contributed by atoms with Crippen LogP contribution >= 0.6 is 11.6 Å². The fraction of sp³-hybridized carbons (Fsp3) is 0.294. The van der Waals surface area contributed by atoms with E-state index in [2.05, 4.69) is 23.5 Å². The van der Waals surface area contributed by atoms with Crippen molar-refractivity contribution in [2.24, 2.45) is 0 Å². The van der Waals surface area contributed by atoms with E-state index in [1.54, 1.807) is 7.11 Å². The van der Waals surface area contributed by atoms with Crippen molar-refractivity contribution in [3.8, 4) is 5.75 Å². The molecule has 0 saturated heterocycles. The summed E-state index contributed by atoms with van der Waals surface area (Å²) >= 11 is 6.43. The van der Waals surface area contributed by atoms with Gasteiger partial charge in [-0.05, 0) is 49.2 Å². The van der Waals surface area contributed by atoms with Crippen LogP contribution in [-0.4, -0.2) is 14.2 Å². The van der Waals surface area contributed by atoms with Gasteiger partial charge in [0.25, 0.3) is 0 Å². The Kier molecular flexibility index (Phi) is 5.05. The number of ether oxygens (including phenoxy) is 1. The van der Waals surface area contributed by atoms with E-state index < -0.39 is 0 Å². The second-order valence-corrected chi connectivity index (χ2v) is 5.25. The van der Waals surface area contributed by atoms with Crippen molar-refractivity contribution in [2.75, 3.05) is 14.2 Å². The molecule has 1 atom stereocenters. The van der Waals surface area contributed by atoms with Gasteiger partial charge in [0.15, 0.2) is 0 Å². The average molecular weight is 290 g/mol. The summed E-state index contributed by atoms with van der Waals surface area (Å²) in [6.07, 6.45) is 0.872. The first-order valence-corrected chi connectivity index (χ1v) is 7.08. The van der Waals surface area contributed by atoms with E-state index in [0.717, 1.165) is 28.3 Å². The van der Waals surface area contributed by atoms with Crippen LogP contribution in [0.3, 0.4) is 0 Å². The molecule has 0 saturated carbocycles. The highest BCUT2D eigenvalue weighted by atomic mass is 35.5. The Morgan fingerprint density at radius 3 is 2.65 bits per heavy atom. The molecule has 0 heterocycles. The molecule has 2 aromatic carbocycles. The first kappa shape index (κ1) is 14.9. The Morgan fingerprint density at radius 2 is 1.95 bits per heavy atom. The summed E-state index contributed by atoms with van der Waals surface area (Å²) < 4.78 is 5.27. The molecule has 20 heavy (non-hydrogen) atoms. The van der Waals surface area contributed by atoms with Crippen molar-refractivity contribution in [1.29, 1.82) is 0 Å². The molecule has 0 fully saturated rings. The highest BCUT2D eigenvalue weighted by Gasteiger charge is 2.14. The molecule has 1 N–H and O–H groups in total. The van der Waals surface area contributed by atoms with Gasteiger partial charge in [-0.1, -0.05) is 41.9 Å². The van der Waals surface area contributed by atoms with E-state index in [-0.39, 0.29) is 6.04 Å². The zero-order chi connectivity index (χ0) is 14.5. The second-order valence-electron chi connectivity index (χ2n) is 4.88. The van der Waals surface area contributed by atoms with Crippen LogP contribution in [0.15, 0.2) is 42.5 Å². The molecule has 0 aliphatic carbocycles. The van der Waals surface area contributed by atoms with Crippen LogP contribution in [-0.2, 0) is 6.42 Å². The van der Waals surface area contributed by atoms with Gasteiger partial charge in [0.05, 0.1) is 7.11 Å². The number of rotatable bonds is 5. The number of benzene rings is 2. The zero-order valence-corrected chi connectivity index (χ0v) is 12.9. The van der Waals surface area contributed by atoms with Gasteiger partial charge in [0.1, 0.15) is 5.75 Å². The van der Waals surface area contributed by atoms with E-state index in [4.69, 9.17) is 16.3 Å². The SMILES string of the molecule is CNC(Cc1cccc(OC)c1)c1cccc(C)c1Cl. The third-order valence-electron chi connectivity index (χ3n) is 3.52. The fourth-order valence-electron chi connectivity index (χ4n) is 2.34. The second kappa shape index (κ2) is 6.78. The maximum absolute atomic E-state index is 6.43. The summed E-state index contributed by atoms with van der Waals surface area (Å²) in [5.74, 6) is 0.882. The quantitative estimate of drug-likeness (QED) is 0.892.